The molecule has 1 aliphatic rings. The first-order valence-electron chi connectivity index (χ1n) is 5.96. The van der Waals surface area contributed by atoms with E-state index in [1.54, 1.807) is 4.90 Å². The molecule has 0 bridgehead atoms. The van der Waals surface area contributed by atoms with Crippen LogP contribution in [-0.2, 0) is 11.3 Å². The van der Waals surface area contributed by atoms with E-state index in [1.165, 1.54) is 0 Å². The summed E-state index contributed by atoms with van der Waals surface area (Å²) in [5.41, 5.74) is 0.404. The third-order valence-electron chi connectivity index (χ3n) is 3.26. The second kappa shape index (κ2) is 4.58. The maximum atomic E-state index is 12.2. The monoisotopic (exact) mass is 228 g/mol. The zero-order valence-corrected chi connectivity index (χ0v) is 10.0. The van der Waals surface area contributed by atoms with Crippen LogP contribution in [0.4, 0.5) is 0 Å². The molecule has 0 heterocycles. The molecule has 0 unspecified atom stereocenters. The van der Waals surface area contributed by atoms with Crippen molar-refractivity contribution in [3.63, 3.8) is 0 Å². The molecule has 1 fully saturated rings. The van der Waals surface area contributed by atoms with Gasteiger partial charge in [0.2, 0.25) is 5.91 Å². The molecule has 0 aromatic heterocycles. The van der Waals surface area contributed by atoms with Crippen LogP contribution >= 0.6 is 0 Å². The zero-order chi connectivity index (χ0) is 12.3. The summed E-state index contributed by atoms with van der Waals surface area (Å²) in [6.07, 6.45) is 1.43. The topological polar surface area (TPSA) is 44.1 Å². The van der Waals surface area contributed by atoms with Gasteiger partial charge in [-0.05, 0) is 25.3 Å². The van der Waals surface area contributed by atoms with Gasteiger partial charge in [0.25, 0.3) is 0 Å². The number of hydrogen-bond acceptors (Lipinski definition) is 2. The molecule has 1 saturated carbocycles. The second-order valence-corrected chi connectivity index (χ2v) is 4.50. The van der Waals surface area contributed by atoms with Crippen molar-refractivity contribution < 1.29 is 4.79 Å². The zero-order valence-electron chi connectivity index (χ0n) is 10.0. The number of nitrogens with zero attached hydrogens (tertiary/aromatic N) is 2. The van der Waals surface area contributed by atoms with Crippen molar-refractivity contribution in [2.24, 2.45) is 5.41 Å². The standard InChI is InChI=1S/C14H16N2O/c1-2-16(10-12-6-4-3-5-7-12)13(17)14(11-15)8-9-14/h3-7H,2,8-10H2,1H3. The molecule has 17 heavy (non-hydrogen) atoms. The van der Waals surface area contributed by atoms with Crippen LogP contribution in [0.15, 0.2) is 30.3 Å². The van der Waals surface area contributed by atoms with E-state index in [0.717, 1.165) is 5.56 Å². The number of amides is 1. The molecule has 3 heteroatoms. The molecule has 1 aromatic rings. The molecule has 0 N–H and O–H groups in total. The van der Waals surface area contributed by atoms with Gasteiger partial charge in [0.05, 0.1) is 6.07 Å². The number of hydrogen-bond donors (Lipinski definition) is 0. The Kier molecular flexibility index (Phi) is 3.14. The van der Waals surface area contributed by atoms with E-state index in [2.05, 4.69) is 6.07 Å². The lowest BCUT2D eigenvalue weighted by Gasteiger charge is -2.23. The Morgan fingerprint density at radius 2 is 2.06 bits per heavy atom. The molecule has 2 rings (SSSR count). The van der Waals surface area contributed by atoms with Crippen LogP contribution in [0.1, 0.15) is 25.3 Å². The van der Waals surface area contributed by atoms with E-state index in [-0.39, 0.29) is 5.91 Å². The van der Waals surface area contributed by atoms with Crippen molar-refractivity contribution in [2.45, 2.75) is 26.3 Å². The van der Waals surface area contributed by atoms with Gasteiger partial charge in [0.1, 0.15) is 5.41 Å². The van der Waals surface area contributed by atoms with E-state index in [0.29, 0.717) is 25.9 Å². The second-order valence-electron chi connectivity index (χ2n) is 4.50. The largest absolute Gasteiger partial charge is 0.337 e. The van der Waals surface area contributed by atoms with E-state index < -0.39 is 5.41 Å². The van der Waals surface area contributed by atoms with E-state index in [1.807, 2.05) is 37.3 Å². The molecule has 3 nitrogen and oxygen atoms in total. The third kappa shape index (κ3) is 2.31. The predicted octanol–water partition coefficient (Wildman–Crippen LogP) is 2.34. The summed E-state index contributed by atoms with van der Waals surface area (Å²) < 4.78 is 0. The van der Waals surface area contributed by atoms with Gasteiger partial charge >= 0.3 is 0 Å². The average Bonchev–Trinajstić information content (AvgIpc) is 3.17. The molecule has 0 saturated heterocycles. The Morgan fingerprint density at radius 3 is 2.53 bits per heavy atom. The first-order chi connectivity index (χ1) is 8.22. The van der Waals surface area contributed by atoms with Crippen LogP contribution in [0.5, 0.6) is 0 Å². The van der Waals surface area contributed by atoms with E-state index in [9.17, 15) is 4.79 Å². The van der Waals surface area contributed by atoms with Crippen LogP contribution < -0.4 is 0 Å². The lowest BCUT2D eigenvalue weighted by atomic mass is 10.1. The van der Waals surface area contributed by atoms with Gasteiger partial charge in [-0.3, -0.25) is 4.79 Å². The highest BCUT2D eigenvalue weighted by Gasteiger charge is 2.52. The summed E-state index contributed by atoms with van der Waals surface area (Å²) in [6, 6.07) is 12.0. The molecule has 0 atom stereocenters. The summed E-state index contributed by atoms with van der Waals surface area (Å²) in [5.74, 6) is -0.00801. The van der Waals surface area contributed by atoms with Crippen molar-refractivity contribution in [1.82, 2.24) is 4.90 Å². The van der Waals surface area contributed by atoms with E-state index >= 15 is 0 Å². The highest BCUT2D eigenvalue weighted by atomic mass is 16.2. The summed E-state index contributed by atoms with van der Waals surface area (Å²) >= 11 is 0. The van der Waals surface area contributed by atoms with Gasteiger partial charge < -0.3 is 4.90 Å². The Labute approximate surface area is 102 Å². The summed E-state index contributed by atoms with van der Waals surface area (Å²) in [6.45, 7) is 3.20. The quantitative estimate of drug-likeness (QED) is 0.794. The molecule has 1 aliphatic carbocycles. The minimum Gasteiger partial charge on any atom is -0.337 e. The van der Waals surface area contributed by atoms with Gasteiger partial charge in [-0.1, -0.05) is 30.3 Å². The SMILES string of the molecule is CCN(Cc1ccccc1)C(=O)C1(C#N)CC1. The van der Waals surface area contributed by atoms with Crippen LogP contribution in [0.3, 0.4) is 0 Å². The minimum absolute atomic E-state index is 0.00801. The van der Waals surface area contributed by atoms with Gasteiger partial charge in [-0.2, -0.15) is 5.26 Å². The van der Waals surface area contributed by atoms with Crippen LogP contribution in [0.2, 0.25) is 0 Å². The molecule has 0 aliphatic heterocycles. The van der Waals surface area contributed by atoms with Gasteiger partial charge in [0, 0.05) is 13.1 Å². The van der Waals surface area contributed by atoms with E-state index in [4.69, 9.17) is 5.26 Å². The number of nitriles is 1. The molecule has 1 aromatic carbocycles. The average molecular weight is 228 g/mol. The number of rotatable bonds is 4. The smallest absolute Gasteiger partial charge is 0.243 e. The molecule has 0 spiro atoms. The third-order valence-corrected chi connectivity index (χ3v) is 3.26. The fourth-order valence-electron chi connectivity index (χ4n) is 1.93. The summed E-state index contributed by atoms with van der Waals surface area (Å²) in [7, 11) is 0. The maximum Gasteiger partial charge on any atom is 0.243 e. The lowest BCUT2D eigenvalue weighted by molar-refractivity contribution is -0.135. The number of benzene rings is 1. The fourth-order valence-corrected chi connectivity index (χ4v) is 1.93. The summed E-state index contributed by atoms with van der Waals surface area (Å²) in [4.78, 5) is 14.0. The molecular weight excluding hydrogens is 212 g/mol. The molecule has 1 amide bonds. The van der Waals surface area contributed by atoms with Crippen LogP contribution in [0, 0.1) is 16.7 Å². The van der Waals surface area contributed by atoms with Gasteiger partial charge in [0.15, 0.2) is 0 Å². The molecule has 0 radical (unpaired) electrons. The van der Waals surface area contributed by atoms with Gasteiger partial charge in [-0.15, -0.1) is 0 Å². The predicted molar refractivity (Wildman–Crippen MR) is 64.8 cm³/mol. The molecule has 88 valence electrons. The summed E-state index contributed by atoms with van der Waals surface area (Å²) in [5, 5.41) is 9.04. The van der Waals surface area contributed by atoms with Crippen molar-refractivity contribution >= 4 is 5.91 Å². The Bertz CT molecular complexity index is 443. The van der Waals surface area contributed by atoms with Crippen molar-refractivity contribution in [1.29, 1.82) is 5.26 Å². The Balaban J connectivity index is 2.08. The Hall–Kier alpha value is -1.82. The van der Waals surface area contributed by atoms with Crippen molar-refractivity contribution in [3.05, 3.63) is 35.9 Å². The minimum atomic E-state index is -0.704. The number of carbonyl (C=O) groups is 1. The fraction of sp³-hybridized carbons (Fsp3) is 0.429. The molecular formula is C14H16N2O. The van der Waals surface area contributed by atoms with Gasteiger partial charge in [-0.25, -0.2) is 0 Å². The highest BCUT2D eigenvalue weighted by molar-refractivity contribution is 5.88. The first-order valence-corrected chi connectivity index (χ1v) is 5.96. The van der Waals surface area contributed by atoms with Crippen LogP contribution in [-0.4, -0.2) is 17.4 Å². The normalized spacial score (nSPS) is 16.0. The van der Waals surface area contributed by atoms with Crippen molar-refractivity contribution in [3.8, 4) is 6.07 Å². The maximum absolute atomic E-state index is 12.2. The number of carbonyl (C=O) groups excluding carboxylic acids is 1. The van der Waals surface area contributed by atoms with Crippen LogP contribution in [0.25, 0.3) is 0 Å². The van der Waals surface area contributed by atoms with Crippen molar-refractivity contribution in [2.75, 3.05) is 6.54 Å². The highest BCUT2D eigenvalue weighted by Crippen LogP contribution is 2.46. The first kappa shape index (κ1) is 11.7. The lowest BCUT2D eigenvalue weighted by Crippen LogP contribution is -2.36. The Morgan fingerprint density at radius 1 is 1.41 bits per heavy atom.